The van der Waals surface area contributed by atoms with Gasteiger partial charge in [0.2, 0.25) is 5.91 Å². The highest BCUT2D eigenvalue weighted by atomic mass is 32.2. The number of carbonyl (C=O) groups is 7. The molecule has 0 unspecified atom stereocenters. The van der Waals surface area contributed by atoms with E-state index in [-0.39, 0.29) is 61.1 Å². The number of methoxy groups -OCH3 is 3. The normalized spacial score (nSPS) is 13.6. The molecule has 0 rings (SSSR count). The van der Waals surface area contributed by atoms with Crippen LogP contribution in [0.15, 0.2) is 0 Å². The van der Waals surface area contributed by atoms with Crippen molar-refractivity contribution in [3.8, 4) is 0 Å². The van der Waals surface area contributed by atoms with Crippen molar-refractivity contribution in [1.29, 1.82) is 0 Å². The number of ether oxygens (including phenoxy) is 4. The predicted octanol–water partition coefficient (Wildman–Crippen LogP) is 7.75. The molecule has 0 aromatic carbocycles. The highest BCUT2D eigenvalue weighted by Crippen LogP contribution is 2.23. The zero-order valence-corrected chi connectivity index (χ0v) is 36.2. The maximum Gasteiger partial charge on any atom is 0.328 e. The van der Waals surface area contributed by atoms with E-state index in [1.54, 1.807) is 20.8 Å². The molecule has 0 aliphatic carbocycles. The van der Waals surface area contributed by atoms with Gasteiger partial charge in [0.15, 0.2) is 0 Å². The molecule has 1 amide bonds. The van der Waals surface area contributed by atoms with Crippen molar-refractivity contribution in [3.63, 3.8) is 0 Å². The summed E-state index contributed by atoms with van der Waals surface area (Å²) in [7, 11) is 3.63. The molecule has 0 aromatic heterocycles. The molecular weight excluding hydrogens is 727 g/mol. The van der Waals surface area contributed by atoms with Crippen molar-refractivity contribution in [3.05, 3.63) is 0 Å². The number of esters is 4. The minimum absolute atomic E-state index is 0.0241. The largest absolute Gasteiger partial charge is 0.469 e. The first-order chi connectivity index (χ1) is 26.0. The van der Waals surface area contributed by atoms with Gasteiger partial charge in [0.1, 0.15) is 23.2 Å². The summed E-state index contributed by atoms with van der Waals surface area (Å²) in [4.78, 5) is 89.5. The molecule has 0 heterocycles. The second-order valence-corrected chi connectivity index (χ2v) is 17.1. The molecule has 55 heavy (non-hydrogen) atoms. The van der Waals surface area contributed by atoms with Crippen molar-refractivity contribution >= 4 is 53.1 Å². The lowest BCUT2D eigenvalue weighted by molar-refractivity contribution is -0.160. The predicted molar refractivity (Wildman–Crippen MR) is 215 cm³/mol. The fourth-order valence-corrected chi connectivity index (χ4v) is 7.48. The Balaban J connectivity index is 5.17. The lowest BCUT2D eigenvalue weighted by Gasteiger charge is -2.22. The molecule has 0 radical (unpaired) electrons. The number of ketones is 2. The van der Waals surface area contributed by atoms with Crippen LogP contribution in [0.3, 0.4) is 0 Å². The Morgan fingerprint density at radius 2 is 1.05 bits per heavy atom. The molecular formula is C42H73NO11S. The first-order valence-corrected chi connectivity index (χ1v) is 21.5. The number of thioether (sulfide) groups is 1. The van der Waals surface area contributed by atoms with Gasteiger partial charge in [-0.15, -0.1) is 0 Å². The average Bonchev–Trinajstić information content (AvgIpc) is 3.12. The van der Waals surface area contributed by atoms with E-state index in [4.69, 9.17) is 18.9 Å². The maximum absolute atomic E-state index is 13.5. The van der Waals surface area contributed by atoms with Crippen LogP contribution >= 0.6 is 11.8 Å². The van der Waals surface area contributed by atoms with Gasteiger partial charge in [0.05, 0.1) is 39.6 Å². The molecule has 12 nitrogen and oxygen atoms in total. The van der Waals surface area contributed by atoms with Crippen LogP contribution in [-0.2, 0) is 52.5 Å². The van der Waals surface area contributed by atoms with E-state index in [0.717, 1.165) is 19.3 Å². The fraction of sp³-hybridized carbons (Fsp3) is 0.833. The SMILES string of the molecule is CCCCCCCCCCCCCC(=O)C[C@@H](CC(C)C)C(=O)N[C@H](CCC(=O)C[C@H](CSC[C@H](CC(=O)OC(C)(C)C)C(=O)OC)C(=O)OC)C(=O)OC. The van der Waals surface area contributed by atoms with E-state index in [9.17, 15) is 33.6 Å². The Labute approximate surface area is 335 Å². The first kappa shape index (κ1) is 52.0. The Bertz CT molecular complexity index is 1170. The second kappa shape index (κ2) is 30.2. The van der Waals surface area contributed by atoms with Gasteiger partial charge in [-0.1, -0.05) is 85.0 Å². The van der Waals surface area contributed by atoms with E-state index >= 15 is 0 Å². The van der Waals surface area contributed by atoms with Crippen LogP contribution in [0.1, 0.15) is 157 Å². The quantitative estimate of drug-likeness (QED) is 0.0400. The zero-order valence-electron chi connectivity index (χ0n) is 35.4. The van der Waals surface area contributed by atoms with Gasteiger partial charge in [0.25, 0.3) is 0 Å². The number of hydrogen-bond acceptors (Lipinski definition) is 12. The highest BCUT2D eigenvalue weighted by Gasteiger charge is 2.31. The third-order valence-electron chi connectivity index (χ3n) is 9.19. The Morgan fingerprint density at radius 3 is 1.53 bits per heavy atom. The van der Waals surface area contributed by atoms with Crippen LogP contribution in [0.4, 0.5) is 0 Å². The van der Waals surface area contributed by atoms with Crippen LogP contribution in [-0.4, -0.2) is 85.8 Å². The van der Waals surface area contributed by atoms with Gasteiger partial charge < -0.3 is 24.3 Å². The summed E-state index contributed by atoms with van der Waals surface area (Å²) in [6.45, 7) is 11.3. The molecule has 0 bridgehead atoms. The number of rotatable bonds is 32. The first-order valence-electron chi connectivity index (χ1n) is 20.3. The van der Waals surface area contributed by atoms with Gasteiger partial charge in [-0.25, -0.2) is 4.79 Å². The van der Waals surface area contributed by atoms with Crippen molar-refractivity contribution < 1.29 is 52.5 Å². The van der Waals surface area contributed by atoms with Crippen molar-refractivity contribution in [1.82, 2.24) is 5.32 Å². The monoisotopic (exact) mass is 799 g/mol. The van der Waals surface area contributed by atoms with Crippen LogP contribution in [0.25, 0.3) is 0 Å². The zero-order chi connectivity index (χ0) is 41.8. The number of unbranched alkanes of at least 4 members (excludes halogenated alkanes) is 10. The van der Waals surface area contributed by atoms with E-state index in [2.05, 4.69) is 12.2 Å². The summed E-state index contributed by atoms with van der Waals surface area (Å²) in [6, 6.07) is -1.11. The van der Waals surface area contributed by atoms with Crippen molar-refractivity contribution in [2.75, 3.05) is 32.8 Å². The molecule has 13 heteroatoms. The lowest BCUT2D eigenvalue weighted by atomic mass is 9.90. The average molecular weight is 800 g/mol. The maximum atomic E-state index is 13.5. The van der Waals surface area contributed by atoms with Crippen LogP contribution < -0.4 is 5.32 Å². The van der Waals surface area contributed by atoms with Gasteiger partial charge in [-0.2, -0.15) is 11.8 Å². The minimum Gasteiger partial charge on any atom is -0.469 e. The van der Waals surface area contributed by atoms with Crippen molar-refractivity contribution in [2.24, 2.45) is 23.7 Å². The molecule has 0 fully saturated rings. The topological polar surface area (TPSA) is 168 Å². The highest BCUT2D eigenvalue weighted by molar-refractivity contribution is 7.99. The molecule has 4 atom stereocenters. The number of nitrogens with one attached hydrogen (secondary N) is 1. The molecule has 0 aliphatic heterocycles. The molecule has 0 saturated heterocycles. The van der Waals surface area contributed by atoms with E-state index in [1.807, 2.05) is 13.8 Å². The standard InChI is InChI=1S/C42H73NO11S/c1-10-11-12-13-14-15-16-17-18-19-20-21-34(44)25-31(24-30(2)3)38(47)43-36(41(50)53-9)23-22-35(45)26-32(39(48)51-7)28-55-29-33(40(49)52-8)27-37(46)54-42(4,5)6/h30-33,36H,10-29H2,1-9H3,(H,43,47)/t31-,32-,33+,36-/m1/s1. The van der Waals surface area contributed by atoms with Crippen LogP contribution in [0.5, 0.6) is 0 Å². The minimum atomic E-state index is -1.11. The second-order valence-electron chi connectivity index (χ2n) is 16.0. The smallest absolute Gasteiger partial charge is 0.328 e. The molecule has 0 aliphatic rings. The third-order valence-corrected chi connectivity index (χ3v) is 10.5. The number of amides is 1. The lowest BCUT2D eigenvalue weighted by Crippen LogP contribution is -2.45. The van der Waals surface area contributed by atoms with Crippen LogP contribution in [0, 0.1) is 23.7 Å². The summed E-state index contributed by atoms with van der Waals surface area (Å²) >= 11 is 1.20. The summed E-state index contributed by atoms with van der Waals surface area (Å²) in [5, 5.41) is 2.73. The summed E-state index contributed by atoms with van der Waals surface area (Å²) in [5.41, 5.74) is -0.725. The molecule has 318 valence electrons. The van der Waals surface area contributed by atoms with Gasteiger partial charge >= 0.3 is 23.9 Å². The van der Waals surface area contributed by atoms with E-state index in [0.29, 0.717) is 12.8 Å². The third kappa shape index (κ3) is 26.5. The molecule has 1 N–H and O–H groups in total. The van der Waals surface area contributed by atoms with E-state index in [1.165, 1.54) is 84.5 Å². The Morgan fingerprint density at radius 1 is 0.600 bits per heavy atom. The number of hydrogen-bond donors (Lipinski definition) is 1. The molecule has 0 aromatic rings. The number of Topliss-reactive ketones (excluding diaryl/α,β-unsaturated/α-hetero) is 2. The summed E-state index contributed by atoms with van der Waals surface area (Å²) in [6.07, 6.45) is 13.4. The van der Waals surface area contributed by atoms with Crippen molar-refractivity contribution in [2.45, 2.75) is 169 Å². The molecule has 0 spiro atoms. The Kier molecular flexibility index (Phi) is 28.6. The van der Waals surface area contributed by atoms with Gasteiger partial charge in [0, 0.05) is 43.1 Å². The van der Waals surface area contributed by atoms with Gasteiger partial charge in [-0.3, -0.25) is 28.8 Å². The molecule has 0 saturated carbocycles. The van der Waals surface area contributed by atoms with Gasteiger partial charge in [-0.05, 0) is 46.0 Å². The Hall–Kier alpha value is -2.96. The number of carbonyl (C=O) groups excluding carboxylic acids is 7. The summed E-state index contributed by atoms with van der Waals surface area (Å²) in [5.74, 6) is -5.10. The van der Waals surface area contributed by atoms with E-state index < -0.39 is 59.2 Å². The van der Waals surface area contributed by atoms with Crippen LogP contribution in [0.2, 0.25) is 0 Å². The summed E-state index contributed by atoms with van der Waals surface area (Å²) < 4.78 is 20.0. The fourth-order valence-electron chi connectivity index (χ4n) is 6.27.